The third-order valence-corrected chi connectivity index (χ3v) is 2.19. The van der Waals surface area contributed by atoms with Crippen molar-refractivity contribution in [2.24, 2.45) is 0 Å². The lowest BCUT2D eigenvalue weighted by atomic mass is 10.3. The number of carboxylic acids is 1. The summed E-state index contributed by atoms with van der Waals surface area (Å²) in [5.41, 5.74) is 0.791. The predicted octanol–water partition coefficient (Wildman–Crippen LogP) is 1.38. The second-order valence-corrected chi connectivity index (χ2v) is 3.28. The van der Waals surface area contributed by atoms with Crippen LogP contribution in [-0.4, -0.2) is 25.7 Å². The third kappa shape index (κ3) is 1.56. The van der Waals surface area contributed by atoms with Gasteiger partial charge >= 0.3 is 5.97 Å². The van der Waals surface area contributed by atoms with Crippen LogP contribution < -0.4 is 0 Å². The highest BCUT2D eigenvalue weighted by molar-refractivity contribution is 5.86. The van der Waals surface area contributed by atoms with Gasteiger partial charge in [0, 0.05) is 6.42 Å². The highest BCUT2D eigenvalue weighted by atomic mass is 16.4. The zero-order chi connectivity index (χ0) is 10.8. The molecule has 78 valence electrons. The summed E-state index contributed by atoms with van der Waals surface area (Å²) in [7, 11) is 0. The molecular formula is C10H11N3O2. The van der Waals surface area contributed by atoms with Crippen molar-refractivity contribution in [3.8, 4) is 0 Å². The number of pyridine rings is 1. The van der Waals surface area contributed by atoms with Crippen molar-refractivity contribution < 1.29 is 9.90 Å². The van der Waals surface area contributed by atoms with E-state index in [9.17, 15) is 4.79 Å². The summed E-state index contributed by atoms with van der Waals surface area (Å²) < 4.78 is 1.59. The van der Waals surface area contributed by atoms with Crippen LogP contribution in [0.15, 0.2) is 18.2 Å². The van der Waals surface area contributed by atoms with Gasteiger partial charge in [0.1, 0.15) is 11.5 Å². The number of aromatic nitrogens is 3. The van der Waals surface area contributed by atoms with Crippen LogP contribution in [0, 0.1) is 0 Å². The summed E-state index contributed by atoms with van der Waals surface area (Å²) >= 11 is 0. The molecule has 0 aromatic carbocycles. The number of hydrogen-bond donors (Lipinski definition) is 1. The number of aryl methyl sites for hydroxylation is 1. The highest BCUT2D eigenvalue weighted by Crippen LogP contribution is 2.10. The quantitative estimate of drug-likeness (QED) is 0.821. The van der Waals surface area contributed by atoms with E-state index < -0.39 is 5.97 Å². The van der Waals surface area contributed by atoms with Crippen LogP contribution >= 0.6 is 0 Å². The Hall–Kier alpha value is -1.91. The molecule has 0 atom stereocenters. The van der Waals surface area contributed by atoms with Crippen LogP contribution in [-0.2, 0) is 6.42 Å². The smallest absolute Gasteiger partial charge is 0.352 e. The van der Waals surface area contributed by atoms with Gasteiger partial charge in [-0.15, -0.1) is 10.2 Å². The summed E-state index contributed by atoms with van der Waals surface area (Å²) in [5.74, 6) is -0.261. The van der Waals surface area contributed by atoms with E-state index in [0.29, 0.717) is 11.5 Å². The summed E-state index contributed by atoms with van der Waals surface area (Å²) in [5, 5.41) is 16.9. The van der Waals surface area contributed by atoms with Gasteiger partial charge in [0.2, 0.25) is 0 Å². The zero-order valence-corrected chi connectivity index (χ0v) is 8.34. The molecule has 5 nitrogen and oxygen atoms in total. The van der Waals surface area contributed by atoms with Gasteiger partial charge < -0.3 is 5.11 Å². The number of carbonyl (C=O) groups is 1. The Morgan fingerprint density at radius 1 is 1.47 bits per heavy atom. The van der Waals surface area contributed by atoms with Crippen LogP contribution in [0.4, 0.5) is 0 Å². The Kier molecular flexibility index (Phi) is 2.37. The van der Waals surface area contributed by atoms with Crippen LogP contribution in [0.3, 0.4) is 0 Å². The van der Waals surface area contributed by atoms with Gasteiger partial charge in [-0.3, -0.25) is 4.40 Å². The topological polar surface area (TPSA) is 67.5 Å². The lowest BCUT2D eigenvalue weighted by molar-refractivity contribution is 0.0688. The summed E-state index contributed by atoms with van der Waals surface area (Å²) in [6, 6.07) is 4.97. The van der Waals surface area contributed by atoms with Crippen molar-refractivity contribution in [1.82, 2.24) is 14.6 Å². The second-order valence-electron chi connectivity index (χ2n) is 3.28. The summed E-state index contributed by atoms with van der Waals surface area (Å²) in [6.45, 7) is 2.02. The van der Waals surface area contributed by atoms with Crippen molar-refractivity contribution in [2.75, 3.05) is 0 Å². The minimum Gasteiger partial charge on any atom is -0.477 e. The Morgan fingerprint density at radius 2 is 2.27 bits per heavy atom. The molecule has 2 heterocycles. The van der Waals surface area contributed by atoms with E-state index >= 15 is 0 Å². The van der Waals surface area contributed by atoms with Crippen LogP contribution in [0.2, 0.25) is 0 Å². The molecule has 0 saturated carbocycles. The third-order valence-electron chi connectivity index (χ3n) is 2.19. The Balaban J connectivity index is 2.69. The van der Waals surface area contributed by atoms with Crippen molar-refractivity contribution in [1.29, 1.82) is 0 Å². The average molecular weight is 205 g/mol. The molecule has 0 aliphatic rings. The Morgan fingerprint density at radius 3 is 2.93 bits per heavy atom. The molecule has 2 aromatic heterocycles. The maximum absolute atomic E-state index is 11.0. The normalized spacial score (nSPS) is 10.7. The van der Waals surface area contributed by atoms with Gasteiger partial charge in [0.05, 0.1) is 0 Å². The number of nitrogens with zero attached hydrogens (tertiary/aromatic N) is 3. The molecule has 0 aliphatic carbocycles. The molecule has 2 rings (SSSR count). The lowest BCUT2D eigenvalue weighted by Gasteiger charge is -2.02. The van der Waals surface area contributed by atoms with Crippen molar-refractivity contribution in [2.45, 2.75) is 19.8 Å². The fourth-order valence-electron chi connectivity index (χ4n) is 1.55. The van der Waals surface area contributed by atoms with Gasteiger partial charge in [-0.1, -0.05) is 13.0 Å². The van der Waals surface area contributed by atoms with E-state index in [2.05, 4.69) is 10.2 Å². The monoisotopic (exact) mass is 205 g/mol. The largest absolute Gasteiger partial charge is 0.477 e. The number of fused-ring (bicyclic) bond motifs is 1. The summed E-state index contributed by atoms with van der Waals surface area (Å²) in [4.78, 5) is 11.0. The van der Waals surface area contributed by atoms with E-state index in [1.807, 2.05) is 6.92 Å². The van der Waals surface area contributed by atoms with Crippen LogP contribution in [0.1, 0.15) is 29.7 Å². The first kappa shape index (κ1) is 9.64. The van der Waals surface area contributed by atoms with Crippen molar-refractivity contribution >= 4 is 11.6 Å². The molecule has 0 saturated heterocycles. The number of rotatable bonds is 3. The Bertz CT molecular complexity index is 504. The molecule has 0 spiro atoms. The molecule has 0 radical (unpaired) electrons. The SMILES string of the molecule is CCCc1nnc2cccc(C(=O)O)n12. The van der Waals surface area contributed by atoms with Gasteiger partial charge in [-0.05, 0) is 18.6 Å². The van der Waals surface area contributed by atoms with Crippen LogP contribution in [0.5, 0.6) is 0 Å². The van der Waals surface area contributed by atoms with E-state index in [0.717, 1.165) is 12.8 Å². The molecule has 1 N–H and O–H groups in total. The van der Waals surface area contributed by atoms with Crippen molar-refractivity contribution in [3.05, 3.63) is 29.7 Å². The average Bonchev–Trinajstić information content (AvgIpc) is 2.62. The molecule has 15 heavy (non-hydrogen) atoms. The van der Waals surface area contributed by atoms with E-state index in [1.165, 1.54) is 0 Å². The first-order valence-electron chi connectivity index (χ1n) is 4.80. The van der Waals surface area contributed by atoms with Gasteiger partial charge in [0.25, 0.3) is 0 Å². The molecule has 5 heteroatoms. The maximum Gasteiger partial charge on any atom is 0.352 e. The van der Waals surface area contributed by atoms with Gasteiger partial charge in [0.15, 0.2) is 5.65 Å². The number of hydrogen-bond acceptors (Lipinski definition) is 3. The van der Waals surface area contributed by atoms with E-state index in [4.69, 9.17) is 5.11 Å². The predicted molar refractivity (Wildman–Crippen MR) is 53.9 cm³/mol. The zero-order valence-electron chi connectivity index (χ0n) is 8.34. The molecule has 0 aliphatic heterocycles. The molecule has 0 fully saturated rings. The highest BCUT2D eigenvalue weighted by Gasteiger charge is 2.12. The molecule has 0 unspecified atom stereocenters. The molecule has 0 bridgehead atoms. The van der Waals surface area contributed by atoms with Crippen molar-refractivity contribution in [3.63, 3.8) is 0 Å². The van der Waals surface area contributed by atoms with Crippen LogP contribution in [0.25, 0.3) is 5.65 Å². The maximum atomic E-state index is 11.0. The Labute approximate surface area is 86.4 Å². The minimum absolute atomic E-state index is 0.209. The fourth-order valence-corrected chi connectivity index (χ4v) is 1.55. The molecule has 0 amide bonds. The van der Waals surface area contributed by atoms with Gasteiger partial charge in [-0.2, -0.15) is 0 Å². The molecular weight excluding hydrogens is 194 g/mol. The fraction of sp³-hybridized carbons (Fsp3) is 0.300. The molecule has 2 aromatic rings. The standard InChI is InChI=1S/C10H11N3O2/c1-2-4-8-11-12-9-6-3-5-7(10(14)15)13(8)9/h3,5-6H,2,4H2,1H3,(H,14,15). The van der Waals surface area contributed by atoms with E-state index in [-0.39, 0.29) is 5.69 Å². The number of aromatic carboxylic acids is 1. The minimum atomic E-state index is -0.960. The first-order chi connectivity index (χ1) is 7.24. The lowest BCUT2D eigenvalue weighted by Crippen LogP contribution is -2.07. The first-order valence-corrected chi connectivity index (χ1v) is 4.80. The van der Waals surface area contributed by atoms with Gasteiger partial charge in [-0.25, -0.2) is 4.79 Å². The second kappa shape index (κ2) is 3.68. The number of carboxylic acid groups (broad SMARTS) is 1. The summed E-state index contributed by atoms with van der Waals surface area (Å²) in [6.07, 6.45) is 1.64. The van der Waals surface area contributed by atoms with E-state index in [1.54, 1.807) is 22.6 Å².